The minimum Gasteiger partial charge on any atom is -0.508 e. The molecule has 0 amide bonds. The third-order valence-corrected chi connectivity index (χ3v) is 7.76. The topological polar surface area (TPSA) is 40.5 Å². The third-order valence-electron chi connectivity index (χ3n) is 7.76. The van der Waals surface area contributed by atoms with Crippen LogP contribution in [0.4, 0.5) is 0 Å². The number of aliphatic hydroxyl groups is 1. The fourth-order valence-electron chi connectivity index (χ4n) is 6.66. The van der Waals surface area contributed by atoms with E-state index in [-0.39, 0.29) is 11.5 Å². The Bertz CT molecular complexity index is 799. The SMILES string of the molecule is Oc1ccc2c(c1)CC[C@@H]1[C@@H]2CC[C@]2(Cc3ccccc3)[C@@H](O)CC[C@@H]12. The summed E-state index contributed by atoms with van der Waals surface area (Å²) in [6.45, 7) is 0. The van der Waals surface area contributed by atoms with Crippen molar-refractivity contribution >= 4 is 0 Å². The lowest BCUT2D eigenvalue weighted by Crippen LogP contribution is -2.47. The molecule has 3 aliphatic carbocycles. The minimum absolute atomic E-state index is 0.0664. The van der Waals surface area contributed by atoms with Crippen LogP contribution in [-0.2, 0) is 12.8 Å². The molecule has 0 heterocycles. The Morgan fingerprint density at radius 2 is 1.81 bits per heavy atom. The van der Waals surface area contributed by atoms with Crippen molar-refractivity contribution in [2.24, 2.45) is 17.3 Å². The number of benzene rings is 2. The number of aliphatic hydroxyl groups excluding tert-OH is 1. The number of aromatic hydroxyl groups is 1. The highest BCUT2D eigenvalue weighted by Crippen LogP contribution is 2.62. The van der Waals surface area contributed by atoms with Gasteiger partial charge in [-0.05, 0) is 91.5 Å². The first-order chi connectivity index (χ1) is 12.7. The van der Waals surface area contributed by atoms with Crippen LogP contribution < -0.4 is 0 Å². The molecule has 2 fully saturated rings. The zero-order chi connectivity index (χ0) is 17.7. The maximum absolute atomic E-state index is 11.0. The van der Waals surface area contributed by atoms with Gasteiger partial charge in [-0.1, -0.05) is 36.4 Å². The standard InChI is InChI=1S/C24H28O2/c25-18-7-9-19-17(14-18)6-8-21-20(19)12-13-24(22(21)10-11-23(24)26)15-16-4-2-1-3-5-16/h1-5,7,9,14,20-23,25-26H,6,8,10-13,15H2/t20-,21-,22+,23+,24-/m1/s1. The first-order valence-electron chi connectivity index (χ1n) is 10.2. The lowest BCUT2D eigenvalue weighted by molar-refractivity contribution is -0.0365. The summed E-state index contributed by atoms with van der Waals surface area (Å²) in [6, 6.07) is 16.8. The van der Waals surface area contributed by atoms with Crippen molar-refractivity contribution in [1.29, 1.82) is 0 Å². The number of hydrogen-bond donors (Lipinski definition) is 2. The van der Waals surface area contributed by atoms with Gasteiger partial charge >= 0.3 is 0 Å². The number of fused-ring (bicyclic) bond motifs is 5. The molecule has 2 nitrogen and oxygen atoms in total. The Morgan fingerprint density at radius 3 is 2.65 bits per heavy atom. The summed E-state index contributed by atoms with van der Waals surface area (Å²) in [7, 11) is 0. The molecule has 0 spiro atoms. The second-order valence-corrected chi connectivity index (χ2v) is 8.83. The van der Waals surface area contributed by atoms with Crippen molar-refractivity contribution in [3.8, 4) is 5.75 Å². The van der Waals surface area contributed by atoms with E-state index in [4.69, 9.17) is 0 Å². The molecule has 26 heavy (non-hydrogen) atoms. The highest BCUT2D eigenvalue weighted by molar-refractivity contribution is 5.40. The Balaban J connectivity index is 1.49. The van der Waals surface area contributed by atoms with Crippen molar-refractivity contribution in [2.75, 3.05) is 0 Å². The van der Waals surface area contributed by atoms with Gasteiger partial charge in [0.2, 0.25) is 0 Å². The first-order valence-corrected chi connectivity index (χ1v) is 10.2. The monoisotopic (exact) mass is 348 g/mol. The van der Waals surface area contributed by atoms with Gasteiger partial charge < -0.3 is 10.2 Å². The van der Waals surface area contributed by atoms with E-state index in [0.717, 1.165) is 25.7 Å². The summed E-state index contributed by atoms with van der Waals surface area (Å²) in [5.74, 6) is 2.31. The smallest absolute Gasteiger partial charge is 0.115 e. The van der Waals surface area contributed by atoms with E-state index in [9.17, 15) is 10.2 Å². The van der Waals surface area contributed by atoms with E-state index in [0.29, 0.717) is 23.5 Å². The lowest BCUT2D eigenvalue weighted by atomic mass is 9.53. The molecule has 0 aromatic heterocycles. The summed E-state index contributed by atoms with van der Waals surface area (Å²) in [6.07, 6.45) is 7.55. The molecule has 5 rings (SSSR count). The molecule has 0 saturated heterocycles. The Morgan fingerprint density at radius 1 is 0.962 bits per heavy atom. The second-order valence-electron chi connectivity index (χ2n) is 8.83. The van der Waals surface area contributed by atoms with Gasteiger partial charge in [0.15, 0.2) is 0 Å². The van der Waals surface area contributed by atoms with E-state index in [2.05, 4.69) is 36.4 Å². The van der Waals surface area contributed by atoms with E-state index in [1.807, 2.05) is 12.1 Å². The van der Waals surface area contributed by atoms with E-state index >= 15 is 0 Å². The molecule has 0 radical (unpaired) electrons. The maximum atomic E-state index is 11.0. The molecule has 5 atom stereocenters. The van der Waals surface area contributed by atoms with Gasteiger partial charge in [-0.15, -0.1) is 0 Å². The normalized spacial score (nSPS) is 35.4. The largest absolute Gasteiger partial charge is 0.508 e. The average molecular weight is 348 g/mol. The fraction of sp³-hybridized carbons (Fsp3) is 0.500. The summed E-state index contributed by atoms with van der Waals surface area (Å²) in [5.41, 5.74) is 4.25. The number of phenolic OH excluding ortho intramolecular Hbond substituents is 1. The Kier molecular flexibility index (Phi) is 3.86. The highest BCUT2D eigenvalue weighted by atomic mass is 16.3. The van der Waals surface area contributed by atoms with Crippen LogP contribution in [0, 0.1) is 17.3 Å². The van der Waals surface area contributed by atoms with Crippen LogP contribution in [-0.4, -0.2) is 16.3 Å². The van der Waals surface area contributed by atoms with E-state index in [1.165, 1.54) is 36.0 Å². The Hall–Kier alpha value is -1.80. The molecule has 2 N–H and O–H groups in total. The van der Waals surface area contributed by atoms with Crippen molar-refractivity contribution in [2.45, 2.75) is 57.0 Å². The van der Waals surface area contributed by atoms with Gasteiger partial charge in [0.25, 0.3) is 0 Å². The van der Waals surface area contributed by atoms with Gasteiger partial charge in [0, 0.05) is 5.41 Å². The summed E-state index contributed by atoms with van der Waals surface area (Å²) in [5, 5.41) is 20.9. The van der Waals surface area contributed by atoms with Gasteiger partial charge in [0.1, 0.15) is 5.75 Å². The van der Waals surface area contributed by atoms with Crippen LogP contribution in [0.1, 0.15) is 54.7 Å². The minimum atomic E-state index is -0.158. The molecule has 0 aliphatic heterocycles. The maximum Gasteiger partial charge on any atom is 0.115 e. The Labute approximate surface area is 155 Å². The van der Waals surface area contributed by atoms with E-state index in [1.54, 1.807) is 0 Å². The third kappa shape index (κ3) is 2.42. The average Bonchev–Trinajstić information content (AvgIpc) is 2.98. The molecule has 2 heteroatoms. The van der Waals surface area contributed by atoms with Crippen LogP contribution in [0.15, 0.2) is 48.5 Å². The van der Waals surface area contributed by atoms with Gasteiger partial charge in [-0.2, -0.15) is 0 Å². The number of aryl methyl sites for hydroxylation is 1. The van der Waals surface area contributed by atoms with Crippen molar-refractivity contribution < 1.29 is 10.2 Å². The van der Waals surface area contributed by atoms with Crippen molar-refractivity contribution in [3.63, 3.8) is 0 Å². The first kappa shape index (κ1) is 16.4. The molecule has 2 aromatic rings. The molecular weight excluding hydrogens is 320 g/mol. The molecular formula is C24H28O2. The molecule has 3 aliphatic rings. The van der Waals surface area contributed by atoms with Crippen LogP contribution in [0.25, 0.3) is 0 Å². The zero-order valence-corrected chi connectivity index (χ0v) is 15.3. The van der Waals surface area contributed by atoms with Crippen LogP contribution in [0.2, 0.25) is 0 Å². The van der Waals surface area contributed by atoms with Gasteiger partial charge in [0.05, 0.1) is 6.10 Å². The number of rotatable bonds is 2. The molecule has 136 valence electrons. The van der Waals surface area contributed by atoms with E-state index < -0.39 is 0 Å². The van der Waals surface area contributed by atoms with Crippen LogP contribution in [0.5, 0.6) is 5.75 Å². The molecule has 0 unspecified atom stereocenters. The fourth-order valence-corrected chi connectivity index (χ4v) is 6.66. The van der Waals surface area contributed by atoms with Crippen LogP contribution >= 0.6 is 0 Å². The second kappa shape index (κ2) is 6.13. The number of hydrogen-bond acceptors (Lipinski definition) is 2. The quantitative estimate of drug-likeness (QED) is 0.816. The van der Waals surface area contributed by atoms with Gasteiger partial charge in [-0.3, -0.25) is 0 Å². The lowest BCUT2D eigenvalue weighted by Gasteiger charge is -2.51. The molecule has 2 aromatic carbocycles. The molecule has 0 bridgehead atoms. The summed E-state index contributed by atoms with van der Waals surface area (Å²) < 4.78 is 0. The summed E-state index contributed by atoms with van der Waals surface area (Å²) in [4.78, 5) is 0. The predicted molar refractivity (Wildman–Crippen MR) is 103 cm³/mol. The van der Waals surface area contributed by atoms with Crippen LogP contribution in [0.3, 0.4) is 0 Å². The summed E-state index contributed by atoms with van der Waals surface area (Å²) >= 11 is 0. The van der Waals surface area contributed by atoms with Crippen molar-refractivity contribution in [3.05, 3.63) is 65.2 Å². The predicted octanol–water partition coefficient (Wildman–Crippen LogP) is 4.83. The highest BCUT2D eigenvalue weighted by Gasteiger charge is 2.56. The van der Waals surface area contributed by atoms with Gasteiger partial charge in [-0.25, -0.2) is 0 Å². The zero-order valence-electron chi connectivity index (χ0n) is 15.3. The van der Waals surface area contributed by atoms with Crippen molar-refractivity contribution in [1.82, 2.24) is 0 Å². The molecule has 2 saturated carbocycles. The number of phenols is 1.